The normalized spacial score (nSPS) is 13.4. The van der Waals surface area contributed by atoms with Crippen molar-refractivity contribution in [1.29, 1.82) is 0 Å². The molecule has 5 heteroatoms. The number of nitrogens with two attached hydrogens (primary N) is 1. The number of aromatic amines is 1. The summed E-state index contributed by atoms with van der Waals surface area (Å²) in [5, 5.41) is 0. The molecule has 0 radical (unpaired) electrons. The summed E-state index contributed by atoms with van der Waals surface area (Å²) >= 11 is 3.23. The lowest BCUT2D eigenvalue weighted by molar-refractivity contribution is 0.555. The average Bonchev–Trinajstić information content (AvgIpc) is 2.42. The zero-order valence-electron chi connectivity index (χ0n) is 6.58. The van der Waals surface area contributed by atoms with Crippen LogP contribution in [0.25, 0.3) is 11.1 Å². The first-order chi connectivity index (χ1) is 6.16. The van der Waals surface area contributed by atoms with Gasteiger partial charge >= 0.3 is 5.76 Å². The number of H-pyrrole nitrogens is 1. The fourth-order valence-corrected chi connectivity index (χ4v) is 1.43. The Labute approximate surface area is 81.9 Å². The zero-order chi connectivity index (χ0) is 9.42. The SMILES string of the molecule is NC(Br)c1ccc2oc(=O)[nH]c2c1. The van der Waals surface area contributed by atoms with E-state index in [1.807, 2.05) is 0 Å². The van der Waals surface area contributed by atoms with Crippen LogP contribution in [0.4, 0.5) is 0 Å². The first-order valence-electron chi connectivity index (χ1n) is 3.69. The third-order valence-corrected chi connectivity index (χ3v) is 2.29. The van der Waals surface area contributed by atoms with Crippen LogP contribution in [0, 0.1) is 0 Å². The summed E-state index contributed by atoms with van der Waals surface area (Å²) in [4.78, 5) is 13.1. The average molecular weight is 243 g/mol. The Balaban J connectivity index is 2.68. The van der Waals surface area contributed by atoms with Crippen LogP contribution in [0.5, 0.6) is 0 Å². The number of hydrogen-bond acceptors (Lipinski definition) is 3. The second-order valence-corrected chi connectivity index (χ2v) is 3.66. The third kappa shape index (κ3) is 1.52. The van der Waals surface area contributed by atoms with Gasteiger partial charge in [0.25, 0.3) is 0 Å². The molecule has 1 aromatic carbocycles. The van der Waals surface area contributed by atoms with E-state index in [-0.39, 0.29) is 4.95 Å². The molecule has 1 heterocycles. The Hall–Kier alpha value is -1.07. The number of hydrogen-bond donors (Lipinski definition) is 2. The molecule has 2 rings (SSSR count). The molecule has 0 saturated carbocycles. The number of halogens is 1. The summed E-state index contributed by atoms with van der Waals surface area (Å²) in [5.74, 6) is -0.449. The lowest BCUT2D eigenvalue weighted by atomic mass is 10.2. The molecule has 0 bridgehead atoms. The summed E-state index contributed by atoms with van der Waals surface area (Å²) in [6.07, 6.45) is 0. The molecule has 0 spiro atoms. The van der Waals surface area contributed by atoms with Gasteiger partial charge in [0.15, 0.2) is 5.58 Å². The minimum Gasteiger partial charge on any atom is -0.408 e. The Morgan fingerprint density at radius 1 is 1.54 bits per heavy atom. The second kappa shape index (κ2) is 3.01. The van der Waals surface area contributed by atoms with Gasteiger partial charge in [0, 0.05) is 0 Å². The molecule has 0 fully saturated rings. The van der Waals surface area contributed by atoms with Crippen molar-refractivity contribution >= 4 is 27.0 Å². The molecule has 0 saturated heterocycles. The monoisotopic (exact) mass is 242 g/mol. The molecule has 13 heavy (non-hydrogen) atoms. The van der Waals surface area contributed by atoms with Crippen molar-refractivity contribution in [3.8, 4) is 0 Å². The minimum atomic E-state index is -0.449. The van der Waals surface area contributed by atoms with Crippen LogP contribution in [-0.2, 0) is 0 Å². The Morgan fingerprint density at radius 3 is 3.00 bits per heavy atom. The molecule has 4 nitrogen and oxygen atoms in total. The molecule has 0 amide bonds. The number of benzene rings is 1. The lowest BCUT2D eigenvalue weighted by Crippen LogP contribution is -2.00. The van der Waals surface area contributed by atoms with Gasteiger partial charge in [-0.15, -0.1) is 0 Å². The van der Waals surface area contributed by atoms with Gasteiger partial charge in [-0.05, 0) is 17.7 Å². The Bertz CT molecular complexity index is 486. The Kier molecular flexibility index (Phi) is 1.97. The van der Waals surface area contributed by atoms with E-state index in [0.717, 1.165) is 5.56 Å². The molecular weight excluding hydrogens is 236 g/mol. The van der Waals surface area contributed by atoms with Crippen molar-refractivity contribution in [3.63, 3.8) is 0 Å². The van der Waals surface area contributed by atoms with Gasteiger partial charge < -0.3 is 10.2 Å². The number of aromatic nitrogens is 1. The van der Waals surface area contributed by atoms with Crippen molar-refractivity contribution in [1.82, 2.24) is 4.98 Å². The largest absolute Gasteiger partial charge is 0.417 e. The molecule has 1 atom stereocenters. The quantitative estimate of drug-likeness (QED) is 0.588. The highest BCUT2D eigenvalue weighted by Crippen LogP contribution is 2.20. The van der Waals surface area contributed by atoms with Crippen molar-refractivity contribution in [2.24, 2.45) is 5.73 Å². The van der Waals surface area contributed by atoms with E-state index in [1.54, 1.807) is 18.2 Å². The number of fused-ring (bicyclic) bond motifs is 1. The smallest absolute Gasteiger partial charge is 0.408 e. The van der Waals surface area contributed by atoms with Crippen LogP contribution < -0.4 is 11.5 Å². The molecule has 1 unspecified atom stereocenters. The zero-order valence-corrected chi connectivity index (χ0v) is 8.17. The summed E-state index contributed by atoms with van der Waals surface area (Å²) < 4.78 is 4.84. The first-order valence-corrected chi connectivity index (χ1v) is 4.61. The van der Waals surface area contributed by atoms with Crippen LogP contribution in [0.15, 0.2) is 27.4 Å². The van der Waals surface area contributed by atoms with Crippen LogP contribution >= 0.6 is 15.9 Å². The number of oxazole rings is 1. The molecular formula is C8H7BrN2O2. The predicted octanol–water partition coefficient (Wildman–Crippen LogP) is 1.47. The summed E-state index contributed by atoms with van der Waals surface area (Å²) in [6.45, 7) is 0. The van der Waals surface area contributed by atoms with Crippen molar-refractivity contribution in [2.45, 2.75) is 4.95 Å². The van der Waals surface area contributed by atoms with Crippen LogP contribution in [0.1, 0.15) is 10.5 Å². The number of alkyl halides is 1. The van der Waals surface area contributed by atoms with Gasteiger partial charge in [0.2, 0.25) is 0 Å². The highest BCUT2D eigenvalue weighted by molar-refractivity contribution is 9.09. The highest BCUT2D eigenvalue weighted by atomic mass is 79.9. The molecule has 0 aliphatic carbocycles. The fraction of sp³-hybridized carbons (Fsp3) is 0.125. The number of rotatable bonds is 1. The fourth-order valence-electron chi connectivity index (χ4n) is 1.14. The van der Waals surface area contributed by atoms with Gasteiger partial charge in [-0.3, -0.25) is 4.98 Å². The van der Waals surface area contributed by atoms with E-state index in [1.165, 1.54) is 0 Å². The molecule has 1 aromatic heterocycles. The highest BCUT2D eigenvalue weighted by Gasteiger charge is 2.05. The van der Waals surface area contributed by atoms with Crippen LogP contribution in [-0.4, -0.2) is 4.98 Å². The van der Waals surface area contributed by atoms with Crippen LogP contribution in [0.3, 0.4) is 0 Å². The maximum atomic E-state index is 10.8. The molecule has 3 N–H and O–H groups in total. The standard InChI is InChI=1S/C8H7BrN2O2/c9-7(10)4-1-2-6-5(3-4)11-8(12)13-6/h1-3,7H,10H2,(H,11,12). The molecule has 0 aliphatic rings. The van der Waals surface area contributed by atoms with E-state index in [0.29, 0.717) is 11.1 Å². The second-order valence-electron chi connectivity index (χ2n) is 2.67. The van der Waals surface area contributed by atoms with Crippen molar-refractivity contribution in [2.75, 3.05) is 0 Å². The molecule has 2 aromatic rings. The van der Waals surface area contributed by atoms with Crippen LogP contribution in [0.2, 0.25) is 0 Å². The summed E-state index contributed by atoms with van der Waals surface area (Å²) in [6, 6.07) is 5.29. The van der Waals surface area contributed by atoms with Crippen molar-refractivity contribution in [3.05, 3.63) is 34.3 Å². The Morgan fingerprint density at radius 2 is 2.31 bits per heavy atom. The minimum absolute atomic E-state index is 0.227. The van der Waals surface area contributed by atoms with Gasteiger partial charge in [0.1, 0.15) is 0 Å². The van der Waals surface area contributed by atoms with Gasteiger partial charge in [0.05, 0.1) is 10.5 Å². The van der Waals surface area contributed by atoms with E-state index >= 15 is 0 Å². The van der Waals surface area contributed by atoms with Gasteiger partial charge in [-0.1, -0.05) is 22.0 Å². The summed E-state index contributed by atoms with van der Waals surface area (Å²) in [7, 11) is 0. The number of nitrogens with one attached hydrogen (secondary N) is 1. The lowest BCUT2D eigenvalue weighted by Gasteiger charge is -2.01. The van der Waals surface area contributed by atoms with E-state index < -0.39 is 5.76 Å². The van der Waals surface area contributed by atoms with Gasteiger partial charge in [-0.2, -0.15) is 0 Å². The topological polar surface area (TPSA) is 72.0 Å². The third-order valence-electron chi connectivity index (χ3n) is 1.76. The molecule has 68 valence electrons. The maximum Gasteiger partial charge on any atom is 0.417 e. The maximum absolute atomic E-state index is 10.8. The van der Waals surface area contributed by atoms with E-state index in [9.17, 15) is 4.79 Å². The first kappa shape index (κ1) is 8.52. The summed E-state index contributed by atoms with van der Waals surface area (Å²) in [5.41, 5.74) is 7.71. The molecule has 0 aliphatic heterocycles. The predicted molar refractivity (Wildman–Crippen MR) is 52.7 cm³/mol. The van der Waals surface area contributed by atoms with Crippen molar-refractivity contribution < 1.29 is 4.42 Å². The van der Waals surface area contributed by atoms with E-state index in [4.69, 9.17) is 10.2 Å². The van der Waals surface area contributed by atoms with E-state index in [2.05, 4.69) is 20.9 Å². The van der Waals surface area contributed by atoms with Gasteiger partial charge in [-0.25, -0.2) is 4.79 Å².